The number of nitrogens with zero attached hydrogens (tertiary/aromatic N) is 4. The van der Waals surface area contributed by atoms with Gasteiger partial charge in [0.15, 0.2) is 0 Å². The molecule has 0 saturated carbocycles. The van der Waals surface area contributed by atoms with Crippen LogP contribution in [0.15, 0.2) is 35.4 Å². The van der Waals surface area contributed by atoms with Crippen molar-refractivity contribution in [1.82, 2.24) is 10.3 Å². The maximum absolute atomic E-state index is 11.1. The van der Waals surface area contributed by atoms with Crippen molar-refractivity contribution >= 4 is 22.6 Å². The van der Waals surface area contributed by atoms with Crippen LogP contribution in [0.25, 0.3) is 0 Å². The maximum Gasteiger partial charge on any atom is 0.324 e. The lowest BCUT2D eigenvalue weighted by Gasteiger charge is -2.43. The SMILES string of the molecule is Cc1ccc(C2CC(c3ccc([N+](=O)[O-])s3)NC3C(C#N)C=NN23)c(C)c1. The van der Waals surface area contributed by atoms with Crippen LogP contribution in [0.4, 0.5) is 5.00 Å². The molecule has 7 nitrogen and oxygen atoms in total. The highest BCUT2D eigenvalue weighted by Crippen LogP contribution is 2.43. The quantitative estimate of drug-likeness (QED) is 0.644. The molecule has 27 heavy (non-hydrogen) atoms. The highest BCUT2D eigenvalue weighted by Gasteiger charge is 2.43. The molecule has 4 unspecified atom stereocenters. The smallest absolute Gasteiger partial charge is 0.287 e. The Bertz CT molecular complexity index is 963. The Balaban J connectivity index is 1.71. The van der Waals surface area contributed by atoms with Crippen molar-refractivity contribution in [2.24, 2.45) is 11.0 Å². The lowest BCUT2D eigenvalue weighted by atomic mass is 9.90. The third-order valence-corrected chi connectivity index (χ3v) is 6.36. The number of rotatable bonds is 3. The number of thiophene rings is 1. The van der Waals surface area contributed by atoms with Gasteiger partial charge in [-0.2, -0.15) is 10.4 Å². The molecule has 3 heterocycles. The van der Waals surface area contributed by atoms with Gasteiger partial charge in [0.05, 0.1) is 17.0 Å². The summed E-state index contributed by atoms with van der Waals surface area (Å²) < 4.78 is 0. The summed E-state index contributed by atoms with van der Waals surface area (Å²) in [6.45, 7) is 4.15. The van der Waals surface area contributed by atoms with E-state index in [1.54, 1.807) is 12.3 Å². The largest absolute Gasteiger partial charge is 0.324 e. The number of benzene rings is 1. The van der Waals surface area contributed by atoms with Crippen LogP contribution < -0.4 is 5.32 Å². The van der Waals surface area contributed by atoms with Crippen LogP contribution in [0.2, 0.25) is 0 Å². The summed E-state index contributed by atoms with van der Waals surface area (Å²) in [5.74, 6) is -0.351. The van der Waals surface area contributed by atoms with Gasteiger partial charge in [-0.05, 0) is 37.5 Å². The fourth-order valence-electron chi connectivity index (χ4n) is 3.93. The molecule has 1 aromatic heterocycles. The molecular weight excluding hydrogens is 362 g/mol. The van der Waals surface area contributed by atoms with Gasteiger partial charge in [0, 0.05) is 23.2 Å². The first kappa shape index (κ1) is 17.6. The molecule has 0 bridgehead atoms. The normalized spacial score (nSPS) is 26.6. The summed E-state index contributed by atoms with van der Waals surface area (Å²) in [6.07, 6.45) is 2.18. The Morgan fingerprint density at radius 3 is 2.85 bits per heavy atom. The van der Waals surface area contributed by atoms with Crippen molar-refractivity contribution in [1.29, 1.82) is 5.26 Å². The number of nitrogens with one attached hydrogen (secondary N) is 1. The Kier molecular flexibility index (Phi) is 4.42. The molecule has 0 radical (unpaired) electrons. The Morgan fingerprint density at radius 2 is 2.19 bits per heavy atom. The lowest BCUT2D eigenvalue weighted by molar-refractivity contribution is -0.380. The van der Waals surface area contributed by atoms with Crippen molar-refractivity contribution < 1.29 is 4.92 Å². The minimum atomic E-state index is -0.359. The number of hydrogen-bond donors (Lipinski definition) is 1. The molecule has 2 aromatic rings. The van der Waals surface area contributed by atoms with Crippen LogP contribution in [0.1, 0.15) is 40.1 Å². The number of nitriles is 1. The van der Waals surface area contributed by atoms with Gasteiger partial charge in [0.1, 0.15) is 12.1 Å². The zero-order valence-corrected chi connectivity index (χ0v) is 15.8. The Morgan fingerprint density at radius 1 is 1.37 bits per heavy atom. The molecule has 1 saturated heterocycles. The summed E-state index contributed by atoms with van der Waals surface area (Å²) in [7, 11) is 0. The Labute approximate surface area is 161 Å². The first-order valence-corrected chi connectivity index (χ1v) is 9.59. The zero-order valence-electron chi connectivity index (χ0n) is 15.0. The van der Waals surface area contributed by atoms with Gasteiger partial charge >= 0.3 is 5.00 Å². The monoisotopic (exact) mass is 381 g/mol. The van der Waals surface area contributed by atoms with E-state index in [-0.39, 0.29) is 34.1 Å². The third-order valence-electron chi connectivity index (χ3n) is 5.21. The van der Waals surface area contributed by atoms with Crippen LogP contribution in [0.3, 0.4) is 0 Å². The molecule has 8 heteroatoms. The molecule has 2 aliphatic rings. The molecule has 2 aliphatic heterocycles. The second-order valence-electron chi connectivity index (χ2n) is 7.01. The fourth-order valence-corrected chi connectivity index (χ4v) is 4.82. The van der Waals surface area contributed by atoms with E-state index in [4.69, 9.17) is 0 Å². The molecule has 1 N–H and O–H groups in total. The van der Waals surface area contributed by atoms with Gasteiger partial charge in [-0.3, -0.25) is 20.4 Å². The predicted molar refractivity (Wildman–Crippen MR) is 103 cm³/mol. The fraction of sp³-hybridized carbons (Fsp3) is 0.368. The standard InChI is InChI=1S/C19H19N5O2S/c1-11-3-4-14(12(2)7-11)16-8-15(17-5-6-18(27-17)24(25)26)22-19-13(9-20)10-21-23(16)19/h3-7,10,13,15-16,19,22H,8H2,1-2H3. The van der Waals surface area contributed by atoms with Crippen LogP contribution in [-0.2, 0) is 0 Å². The van der Waals surface area contributed by atoms with Crippen molar-refractivity contribution in [3.05, 3.63) is 62.0 Å². The van der Waals surface area contributed by atoms with Gasteiger partial charge in [-0.1, -0.05) is 35.1 Å². The van der Waals surface area contributed by atoms with Crippen LogP contribution in [0, 0.1) is 41.2 Å². The molecule has 0 aliphatic carbocycles. The van der Waals surface area contributed by atoms with E-state index in [2.05, 4.69) is 48.5 Å². The van der Waals surface area contributed by atoms with Gasteiger partial charge in [0.2, 0.25) is 0 Å². The molecular formula is C19H19N5O2S. The summed E-state index contributed by atoms with van der Waals surface area (Å²) in [5.41, 5.74) is 3.57. The minimum absolute atomic E-state index is 0.0117. The molecule has 138 valence electrons. The topological polar surface area (TPSA) is 94.6 Å². The van der Waals surface area contributed by atoms with E-state index in [9.17, 15) is 15.4 Å². The number of aryl methyl sites for hydroxylation is 2. The number of hydrogen-bond acceptors (Lipinski definition) is 7. The molecule has 0 amide bonds. The van der Waals surface area contributed by atoms with E-state index in [1.165, 1.54) is 28.0 Å². The minimum Gasteiger partial charge on any atom is -0.287 e. The predicted octanol–water partition coefficient (Wildman–Crippen LogP) is 3.82. The van der Waals surface area contributed by atoms with E-state index in [0.29, 0.717) is 0 Å². The van der Waals surface area contributed by atoms with E-state index in [0.717, 1.165) is 11.3 Å². The van der Waals surface area contributed by atoms with Gasteiger partial charge in [-0.15, -0.1) is 0 Å². The highest BCUT2D eigenvalue weighted by molar-refractivity contribution is 7.15. The highest BCUT2D eigenvalue weighted by atomic mass is 32.1. The number of fused-ring (bicyclic) bond motifs is 1. The van der Waals surface area contributed by atoms with Gasteiger partial charge in [0.25, 0.3) is 0 Å². The zero-order chi connectivity index (χ0) is 19.1. The number of hydrazone groups is 1. The van der Waals surface area contributed by atoms with Crippen LogP contribution >= 0.6 is 11.3 Å². The van der Waals surface area contributed by atoms with E-state index in [1.807, 2.05) is 11.1 Å². The van der Waals surface area contributed by atoms with Crippen molar-refractivity contribution in [2.75, 3.05) is 0 Å². The average molecular weight is 381 g/mol. The summed E-state index contributed by atoms with van der Waals surface area (Å²) in [6, 6.07) is 12.0. The second-order valence-corrected chi connectivity index (χ2v) is 8.10. The summed E-state index contributed by atoms with van der Waals surface area (Å²) >= 11 is 1.19. The van der Waals surface area contributed by atoms with E-state index >= 15 is 0 Å². The molecule has 1 fully saturated rings. The lowest BCUT2D eigenvalue weighted by Crippen LogP contribution is -2.52. The summed E-state index contributed by atoms with van der Waals surface area (Å²) in [4.78, 5) is 11.6. The van der Waals surface area contributed by atoms with Crippen LogP contribution in [-0.4, -0.2) is 22.3 Å². The van der Waals surface area contributed by atoms with Crippen molar-refractivity contribution in [2.45, 2.75) is 38.5 Å². The Hall–Kier alpha value is -2.76. The first-order chi connectivity index (χ1) is 13.0. The molecule has 4 rings (SSSR count). The number of nitro groups is 1. The average Bonchev–Trinajstić information content (AvgIpc) is 3.28. The first-order valence-electron chi connectivity index (χ1n) is 8.77. The second kappa shape index (κ2) is 6.76. The van der Waals surface area contributed by atoms with Crippen molar-refractivity contribution in [3.63, 3.8) is 0 Å². The molecule has 4 atom stereocenters. The molecule has 1 aromatic carbocycles. The molecule has 0 spiro atoms. The van der Waals surface area contributed by atoms with Crippen molar-refractivity contribution in [3.8, 4) is 6.07 Å². The maximum atomic E-state index is 11.1. The van der Waals surface area contributed by atoms with Gasteiger partial charge in [-0.25, -0.2) is 0 Å². The third kappa shape index (κ3) is 3.09. The van der Waals surface area contributed by atoms with Crippen LogP contribution in [0.5, 0.6) is 0 Å². The van der Waals surface area contributed by atoms with Gasteiger partial charge < -0.3 is 0 Å². The summed E-state index contributed by atoms with van der Waals surface area (Å²) in [5, 5.41) is 30.7. The van der Waals surface area contributed by atoms with E-state index < -0.39 is 0 Å².